The summed E-state index contributed by atoms with van der Waals surface area (Å²) in [5.41, 5.74) is 6.25. The molecule has 3 aromatic carbocycles. The number of nitrogen functional groups attached to an aromatic ring is 1. The summed E-state index contributed by atoms with van der Waals surface area (Å²) >= 11 is 0. The first-order valence-electron chi connectivity index (χ1n) is 7.18. The first-order valence-corrected chi connectivity index (χ1v) is 7.18. The normalized spacial score (nSPS) is 10.2. The van der Waals surface area contributed by atoms with Gasteiger partial charge in [0.1, 0.15) is 0 Å². The van der Waals surface area contributed by atoms with E-state index in [4.69, 9.17) is 15.2 Å². The second-order valence-electron chi connectivity index (χ2n) is 4.91. The highest BCUT2D eigenvalue weighted by Gasteiger charge is 2.16. The fourth-order valence-corrected chi connectivity index (χ4v) is 2.12. The highest BCUT2D eigenvalue weighted by Crippen LogP contribution is 2.38. The first kappa shape index (κ1) is 15.4. The molecule has 120 valence electrons. The van der Waals surface area contributed by atoms with Crippen LogP contribution in [0, 0.1) is 10.1 Å². The molecule has 6 heteroatoms. The van der Waals surface area contributed by atoms with Crippen LogP contribution in [0.1, 0.15) is 0 Å². The van der Waals surface area contributed by atoms with Crippen molar-refractivity contribution in [3.63, 3.8) is 0 Å². The van der Waals surface area contributed by atoms with E-state index in [1.165, 1.54) is 12.1 Å². The second-order valence-corrected chi connectivity index (χ2v) is 4.91. The number of hydrogen-bond acceptors (Lipinski definition) is 5. The number of hydrogen-bond donors (Lipinski definition) is 1. The predicted molar refractivity (Wildman–Crippen MR) is 90.5 cm³/mol. The maximum Gasteiger partial charge on any atom is 0.311 e. The number of para-hydroxylation sites is 6. The summed E-state index contributed by atoms with van der Waals surface area (Å²) in [6, 6.07) is 20.1. The van der Waals surface area contributed by atoms with Crippen LogP contribution in [-0.2, 0) is 0 Å². The molecule has 0 unspecified atom stereocenters. The minimum Gasteiger partial charge on any atom is -0.451 e. The third-order valence-corrected chi connectivity index (χ3v) is 3.27. The van der Waals surface area contributed by atoms with Crippen molar-refractivity contribution in [3.8, 4) is 23.0 Å². The molecular weight excluding hydrogens is 308 g/mol. The molecule has 0 aliphatic rings. The van der Waals surface area contributed by atoms with Crippen LogP contribution in [0.4, 0.5) is 11.4 Å². The number of ether oxygens (including phenoxy) is 2. The summed E-state index contributed by atoms with van der Waals surface area (Å²) in [6.07, 6.45) is 0. The van der Waals surface area contributed by atoms with Crippen LogP contribution in [-0.4, -0.2) is 4.92 Å². The molecule has 0 atom stereocenters. The lowest BCUT2D eigenvalue weighted by Gasteiger charge is -2.13. The Balaban J connectivity index is 1.93. The van der Waals surface area contributed by atoms with Gasteiger partial charge in [0.2, 0.25) is 5.75 Å². The molecule has 0 aliphatic heterocycles. The van der Waals surface area contributed by atoms with E-state index in [0.29, 0.717) is 22.9 Å². The molecule has 24 heavy (non-hydrogen) atoms. The zero-order valence-electron chi connectivity index (χ0n) is 12.6. The Morgan fingerprint density at radius 1 is 0.708 bits per heavy atom. The van der Waals surface area contributed by atoms with Gasteiger partial charge in [-0.2, -0.15) is 0 Å². The van der Waals surface area contributed by atoms with Crippen molar-refractivity contribution in [1.29, 1.82) is 0 Å². The van der Waals surface area contributed by atoms with Gasteiger partial charge >= 0.3 is 5.69 Å². The van der Waals surface area contributed by atoms with Crippen molar-refractivity contribution in [2.45, 2.75) is 0 Å². The summed E-state index contributed by atoms with van der Waals surface area (Å²) in [5.74, 6) is 1.39. The van der Waals surface area contributed by atoms with Gasteiger partial charge in [0.15, 0.2) is 17.2 Å². The largest absolute Gasteiger partial charge is 0.451 e. The van der Waals surface area contributed by atoms with Gasteiger partial charge < -0.3 is 15.2 Å². The fraction of sp³-hybridized carbons (Fsp3) is 0. The molecule has 3 aromatic rings. The van der Waals surface area contributed by atoms with E-state index in [0.717, 1.165) is 0 Å². The number of nitro benzene ring substituents is 1. The van der Waals surface area contributed by atoms with Gasteiger partial charge in [-0.25, -0.2) is 0 Å². The molecule has 0 aromatic heterocycles. The van der Waals surface area contributed by atoms with E-state index in [-0.39, 0.29) is 11.4 Å². The van der Waals surface area contributed by atoms with Crippen LogP contribution in [0.15, 0.2) is 72.8 Å². The zero-order valence-corrected chi connectivity index (χ0v) is 12.6. The number of benzene rings is 3. The molecule has 0 fully saturated rings. The zero-order chi connectivity index (χ0) is 16.9. The third-order valence-electron chi connectivity index (χ3n) is 3.27. The predicted octanol–water partition coefficient (Wildman–Crippen LogP) is 4.76. The Hall–Kier alpha value is -3.54. The number of nitrogens with zero attached hydrogens (tertiary/aromatic N) is 1. The van der Waals surface area contributed by atoms with E-state index in [2.05, 4.69) is 0 Å². The first-order chi connectivity index (χ1) is 11.6. The molecule has 3 rings (SSSR count). The summed E-state index contributed by atoms with van der Waals surface area (Å²) < 4.78 is 11.5. The average molecular weight is 322 g/mol. The topological polar surface area (TPSA) is 87.6 Å². The third kappa shape index (κ3) is 3.27. The van der Waals surface area contributed by atoms with Gasteiger partial charge in [0.25, 0.3) is 0 Å². The minimum absolute atomic E-state index is 0.119. The minimum atomic E-state index is -0.492. The maximum absolute atomic E-state index is 11.1. The van der Waals surface area contributed by atoms with Crippen LogP contribution in [0.2, 0.25) is 0 Å². The van der Waals surface area contributed by atoms with Crippen molar-refractivity contribution in [2.75, 3.05) is 5.73 Å². The van der Waals surface area contributed by atoms with E-state index in [9.17, 15) is 10.1 Å². The van der Waals surface area contributed by atoms with Crippen LogP contribution >= 0.6 is 0 Å². The molecule has 0 saturated carbocycles. The summed E-state index contributed by atoms with van der Waals surface area (Å²) in [5, 5.41) is 11.1. The molecule has 2 N–H and O–H groups in total. The molecule has 0 heterocycles. The molecule has 0 radical (unpaired) electrons. The molecule has 0 aliphatic carbocycles. The van der Waals surface area contributed by atoms with Gasteiger partial charge in [-0.05, 0) is 30.3 Å². The van der Waals surface area contributed by atoms with Crippen molar-refractivity contribution >= 4 is 11.4 Å². The summed E-state index contributed by atoms with van der Waals surface area (Å²) in [7, 11) is 0. The standard InChI is InChI=1S/C18H14N2O4/c19-13-7-1-3-9-15(13)23-17-11-5-6-12-18(17)24-16-10-4-2-8-14(16)20(21)22/h1-12H,19H2. The van der Waals surface area contributed by atoms with Crippen molar-refractivity contribution in [3.05, 3.63) is 82.9 Å². The molecule has 0 bridgehead atoms. The van der Waals surface area contributed by atoms with E-state index >= 15 is 0 Å². The maximum atomic E-state index is 11.1. The fourth-order valence-electron chi connectivity index (χ4n) is 2.12. The Kier molecular flexibility index (Phi) is 4.29. The molecule has 0 amide bonds. The number of anilines is 1. The highest BCUT2D eigenvalue weighted by atomic mass is 16.6. The van der Waals surface area contributed by atoms with Crippen LogP contribution in [0.3, 0.4) is 0 Å². The Bertz CT molecular complexity index is 880. The van der Waals surface area contributed by atoms with E-state index in [1.54, 1.807) is 60.7 Å². The number of nitrogens with two attached hydrogens (primary N) is 1. The summed E-state index contributed by atoms with van der Waals surface area (Å²) in [6.45, 7) is 0. The van der Waals surface area contributed by atoms with E-state index in [1.807, 2.05) is 0 Å². The van der Waals surface area contributed by atoms with Gasteiger partial charge in [-0.15, -0.1) is 0 Å². The van der Waals surface area contributed by atoms with Gasteiger partial charge in [0.05, 0.1) is 10.6 Å². The number of rotatable bonds is 5. The SMILES string of the molecule is Nc1ccccc1Oc1ccccc1Oc1ccccc1[N+](=O)[O-]. The van der Waals surface area contributed by atoms with Crippen LogP contribution in [0.5, 0.6) is 23.0 Å². The van der Waals surface area contributed by atoms with Crippen molar-refractivity contribution < 1.29 is 14.4 Å². The quantitative estimate of drug-likeness (QED) is 0.415. The Labute approximate surface area is 138 Å². The molecule has 6 nitrogen and oxygen atoms in total. The average Bonchev–Trinajstić information content (AvgIpc) is 2.59. The Morgan fingerprint density at radius 3 is 1.75 bits per heavy atom. The van der Waals surface area contributed by atoms with Crippen molar-refractivity contribution in [1.82, 2.24) is 0 Å². The van der Waals surface area contributed by atoms with Crippen LogP contribution < -0.4 is 15.2 Å². The summed E-state index contributed by atoms with van der Waals surface area (Å²) in [4.78, 5) is 10.6. The molecule has 0 saturated heterocycles. The molecule has 0 spiro atoms. The smallest absolute Gasteiger partial charge is 0.311 e. The lowest BCUT2D eigenvalue weighted by Crippen LogP contribution is -1.96. The van der Waals surface area contributed by atoms with Gasteiger partial charge in [-0.3, -0.25) is 10.1 Å². The van der Waals surface area contributed by atoms with Crippen LogP contribution in [0.25, 0.3) is 0 Å². The lowest BCUT2D eigenvalue weighted by molar-refractivity contribution is -0.385. The monoisotopic (exact) mass is 322 g/mol. The van der Waals surface area contributed by atoms with Crippen molar-refractivity contribution in [2.24, 2.45) is 0 Å². The highest BCUT2D eigenvalue weighted by molar-refractivity contribution is 5.56. The number of nitro groups is 1. The van der Waals surface area contributed by atoms with Gasteiger partial charge in [-0.1, -0.05) is 36.4 Å². The van der Waals surface area contributed by atoms with E-state index < -0.39 is 4.92 Å². The lowest BCUT2D eigenvalue weighted by atomic mass is 10.2. The second kappa shape index (κ2) is 6.70. The molecular formula is C18H14N2O4. The Morgan fingerprint density at radius 2 is 1.17 bits per heavy atom. The van der Waals surface area contributed by atoms with Gasteiger partial charge in [0, 0.05) is 6.07 Å².